The average molecular weight is 335 g/mol. The van der Waals surface area contributed by atoms with Gasteiger partial charge in [0.25, 0.3) is 0 Å². The van der Waals surface area contributed by atoms with Gasteiger partial charge in [-0.25, -0.2) is 8.42 Å². The van der Waals surface area contributed by atoms with E-state index in [2.05, 4.69) is 15.9 Å². The highest BCUT2D eigenvalue weighted by Crippen LogP contribution is 2.31. The van der Waals surface area contributed by atoms with Gasteiger partial charge in [0.15, 0.2) is 0 Å². The van der Waals surface area contributed by atoms with Gasteiger partial charge in [0.1, 0.15) is 9.84 Å². The molecule has 18 heavy (non-hydrogen) atoms. The fraction of sp³-hybridized carbons (Fsp3) is 0.538. The maximum absolute atomic E-state index is 11.1. The summed E-state index contributed by atoms with van der Waals surface area (Å²) in [6.07, 6.45) is 2.70. The quantitative estimate of drug-likeness (QED) is 0.870. The van der Waals surface area contributed by atoms with Crippen molar-refractivity contribution in [1.82, 2.24) is 0 Å². The van der Waals surface area contributed by atoms with Gasteiger partial charge in [-0.1, -0.05) is 35.0 Å². The summed E-state index contributed by atoms with van der Waals surface area (Å²) in [6, 6.07) is 7.52. The molecule has 0 fully saturated rings. The Kier molecular flexibility index (Phi) is 5.37. The molecule has 1 atom stereocenters. The van der Waals surface area contributed by atoms with Crippen LogP contribution in [0, 0.1) is 0 Å². The molecule has 0 aliphatic rings. The Bertz CT molecular complexity index is 499. The third kappa shape index (κ3) is 4.71. The molecule has 0 bridgehead atoms. The minimum absolute atomic E-state index is 0.114. The lowest BCUT2D eigenvalue weighted by atomic mass is 9.87. The molecule has 102 valence electrons. The van der Waals surface area contributed by atoms with Crippen molar-refractivity contribution in [3.8, 4) is 0 Å². The largest absolute Gasteiger partial charge is 0.385 e. The van der Waals surface area contributed by atoms with Crippen LogP contribution >= 0.6 is 15.9 Å². The van der Waals surface area contributed by atoms with Gasteiger partial charge in [-0.2, -0.15) is 0 Å². The Balaban J connectivity index is 2.79. The molecule has 0 spiro atoms. The van der Waals surface area contributed by atoms with Crippen LogP contribution in [0.15, 0.2) is 28.7 Å². The molecule has 0 aliphatic heterocycles. The zero-order valence-corrected chi connectivity index (χ0v) is 13.1. The van der Waals surface area contributed by atoms with Gasteiger partial charge < -0.3 is 5.11 Å². The summed E-state index contributed by atoms with van der Waals surface area (Å²) in [6.45, 7) is 1.90. The second-order valence-electron chi connectivity index (χ2n) is 4.63. The van der Waals surface area contributed by atoms with Gasteiger partial charge >= 0.3 is 0 Å². The molecule has 1 N–H and O–H groups in total. The van der Waals surface area contributed by atoms with Gasteiger partial charge in [-0.3, -0.25) is 0 Å². The molecular formula is C13H19BrO3S. The number of rotatable bonds is 6. The Morgan fingerprint density at radius 1 is 1.39 bits per heavy atom. The standard InChI is InChI=1S/C13H19BrO3S/c1-3-13(15,8-5-9-18(2,16)17)11-6-4-7-12(14)10-11/h4,6-7,10,15H,3,5,8-9H2,1-2H3. The van der Waals surface area contributed by atoms with Crippen molar-refractivity contribution >= 4 is 25.8 Å². The van der Waals surface area contributed by atoms with Crippen LogP contribution in [-0.2, 0) is 15.4 Å². The van der Waals surface area contributed by atoms with Crippen molar-refractivity contribution in [2.24, 2.45) is 0 Å². The third-order valence-electron chi connectivity index (χ3n) is 3.05. The van der Waals surface area contributed by atoms with Crippen LogP contribution in [0.25, 0.3) is 0 Å². The number of aliphatic hydroxyl groups is 1. The van der Waals surface area contributed by atoms with Crippen molar-refractivity contribution in [3.05, 3.63) is 34.3 Å². The summed E-state index contributed by atoms with van der Waals surface area (Å²) in [4.78, 5) is 0. The van der Waals surface area contributed by atoms with E-state index in [0.717, 1.165) is 10.0 Å². The second-order valence-corrected chi connectivity index (χ2v) is 7.80. The predicted octanol–water partition coefficient (Wildman–Crippen LogP) is 2.87. The Morgan fingerprint density at radius 3 is 2.56 bits per heavy atom. The van der Waals surface area contributed by atoms with E-state index in [1.807, 2.05) is 31.2 Å². The van der Waals surface area contributed by atoms with Gasteiger partial charge in [-0.15, -0.1) is 0 Å². The molecule has 0 radical (unpaired) electrons. The van der Waals surface area contributed by atoms with Crippen molar-refractivity contribution < 1.29 is 13.5 Å². The summed E-state index contributed by atoms with van der Waals surface area (Å²) in [7, 11) is -2.97. The molecule has 0 amide bonds. The van der Waals surface area contributed by atoms with E-state index in [-0.39, 0.29) is 5.75 Å². The number of hydrogen-bond donors (Lipinski definition) is 1. The monoisotopic (exact) mass is 334 g/mol. The molecule has 0 saturated heterocycles. The molecule has 1 unspecified atom stereocenters. The SMILES string of the molecule is CCC(O)(CCCS(C)(=O)=O)c1cccc(Br)c1. The van der Waals surface area contributed by atoms with Crippen LogP contribution in [0.5, 0.6) is 0 Å². The highest BCUT2D eigenvalue weighted by atomic mass is 79.9. The number of hydrogen-bond acceptors (Lipinski definition) is 3. The molecule has 5 heteroatoms. The fourth-order valence-corrected chi connectivity index (χ4v) is 3.00. The Morgan fingerprint density at radius 2 is 2.06 bits per heavy atom. The lowest BCUT2D eigenvalue weighted by Gasteiger charge is -2.27. The summed E-state index contributed by atoms with van der Waals surface area (Å²) >= 11 is 3.38. The molecular weight excluding hydrogens is 316 g/mol. The third-order valence-corrected chi connectivity index (χ3v) is 4.58. The predicted molar refractivity (Wildman–Crippen MR) is 77.3 cm³/mol. The van der Waals surface area contributed by atoms with Crippen LogP contribution in [0.1, 0.15) is 31.7 Å². The molecule has 0 heterocycles. The van der Waals surface area contributed by atoms with E-state index in [0.29, 0.717) is 19.3 Å². The smallest absolute Gasteiger partial charge is 0.147 e. The summed E-state index contributed by atoms with van der Waals surface area (Å²) < 4.78 is 23.1. The van der Waals surface area contributed by atoms with Crippen LogP contribution < -0.4 is 0 Å². The number of sulfone groups is 1. The maximum Gasteiger partial charge on any atom is 0.147 e. The average Bonchev–Trinajstić information content (AvgIpc) is 2.27. The minimum atomic E-state index is -2.97. The van der Waals surface area contributed by atoms with E-state index in [1.165, 1.54) is 6.26 Å². The van der Waals surface area contributed by atoms with Gasteiger partial charge in [0, 0.05) is 16.5 Å². The Hall–Kier alpha value is -0.390. The molecule has 3 nitrogen and oxygen atoms in total. The first-order valence-corrected chi connectivity index (χ1v) is 8.78. The highest BCUT2D eigenvalue weighted by Gasteiger charge is 2.27. The number of benzene rings is 1. The van der Waals surface area contributed by atoms with Crippen LogP contribution in [0.3, 0.4) is 0 Å². The van der Waals surface area contributed by atoms with Crippen LogP contribution in [0.2, 0.25) is 0 Å². The van der Waals surface area contributed by atoms with E-state index in [1.54, 1.807) is 0 Å². The maximum atomic E-state index is 11.1. The molecule has 1 aromatic carbocycles. The summed E-state index contributed by atoms with van der Waals surface area (Å²) in [5.74, 6) is 0.114. The number of halogens is 1. The van der Waals surface area contributed by atoms with E-state index in [4.69, 9.17) is 0 Å². The van der Waals surface area contributed by atoms with Crippen molar-refractivity contribution in [1.29, 1.82) is 0 Å². The molecule has 0 saturated carbocycles. The summed E-state index contributed by atoms with van der Waals surface area (Å²) in [5, 5.41) is 10.6. The second kappa shape index (κ2) is 6.17. The van der Waals surface area contributed by atoms with Gasteiger partial charge in [-0.05, 0) is 37.0 Å². The molecule has 1 rings (SSSR count). The fourth-order valence-electron chi connectivity index (χ4n) is 1.93. The van der Waals surface area contributed by atoms with Crippen molar-refractivity contribution in [2.75, 3.05) is 12.0 Å². The summed E-state index contributed by atoms with van der Waals surface area (Å²) in [5.41, 5.74) is -0.123. The first kappa shape index (κ1) is 15.7. The van der Waals surface area contributed by atoms with Crippen LogP contribution in [-0.4, -0.2) is 25.5 Å². The zero-order chi connectivity index (χ0) is 13.8. The lowest BCUT2D eigenvalue weighted by Crippen LogP contribution is -2.25. The molecule has 0 aliphatic carbocycles. The van der Waals surface area contributed by atoms with E-state index < -0.39 is 15.4 Å². The molecule has 1 aromatic rings. The van der Waals surface area contributed by atoms with Gasteiger partial charge in [0.2, 0.25) is 0 Å². The first-order valence-electron chi connectivity index (χ1n) is 5.93. The topological polar surface area (TPSA) is 54.4 Å². The first-order chi connectivity index (χ1) is 8.27. The normalized spacial score (nSPS) is 15.3. The Labute approximate surface area is 117 Å². The van der Waals surface area contributed by atoms with Crippen molar-refractivity contribution in [3.63, 3.8) is 0 Å². The molecule has 0 aromatic heterocycles. The van der Waals surface area contributed by atoms with Crippen molar-refractivity contribution in [2.45, 2.75) is 31.8 Å². The van der Waals surface area contributed by atoms with E-state index >= 15 is 0 Å². The van der Waals surface area contributed by atoms with Crippen LogP contribution in [0.4, 0.5) is 0 Å². The highest BCUT2D eigenvalue weighted by molar-refractivity contribution is 9.10. The minimum Gasteiger partial charge on any atom is -0.385 e. The zero-order valence-electron chi connectivity index (χ0n) is 10.7. The van der Waals surface area contributed by atoms with E-state index in [9.17, 15) is 13.5 Å². The lowest BCUT2D eigenvalue weighted by molar-refractivity contribution is 0.0228. The van der Waals surface area contributed by atoms with Gasteiger partial charge in [0.05, 0.1) is 5.60 Å².